The molecule has 0 fully saturated rings. The summed E-state index contributed by atoms with van der Waals surface area (Å²) >= 11 is 0. The van der Waals surface area contributed by atoms with Gasteiger partial charge in [-0.2, -0.15) is 0 Å². The number of hydrogen-bond donors (Lipinski definition) is 5. The molecule has 0 saturated heterocycles. The fourth-order valence-electron chi connectivity index (χ4n) is 2.84. The minimum atomic E-state index is -1.16. The van der Waals surface area contributed by atoms with Crippen molar-refractivity contribution >= 4 is 23.9 Å². The van der Waals surface area contributed by atoms with Gasteiger partial charge >= 0.3 is 12.1 Å². The highest BCUT2D eigenvalue weighted by molar-refractivity contribution is 5.97. The third-order valence-corrected chi connectivity index (χ3v) is 4.52. The van der Waals surface area contributed by atoms with Crippen molar-refractivity contribution in [2.45, 2.75) is 33.7 Å². The molecule has 0 spiro atoms. The van der Waals surface area contributed by atoms with Gasteiger partial charge < -0.3 is 40.6 Å². The third kappa shape index (κ3) is 9.98. The van der Waals surface area contributed by atoms with Crippen LogP contribution in [0.2, 0.25) is 0 Å². The number of amides is 2. The molecular weight excluding hydrogens is 458 g/mol. The number of alkyl carbamates (subject to hydrolysis) is 1. The average Bonchev–Trinajstić information content (AvgIpc) is 3.31. The molecule has 0 aromatic heterocycles. The summed E-state index contributed by atoms with van der Waals surface area (Å²) in [4.78, 5) is 41.1. The second-order valence-corrected chi connectivity index (χ2v) is 8.91. The molecule has 0 bridgehead atoms. The van der Waals surface area contributed by atoms with Gasteiger partial charge in [-0.1, -0.05) is 20.8 Å². The van der Waals surface area contributed by atoms with Gasteiger partial charge in [0.15, 0.2) is 5.96 Å². The quantitative estimate of drug-likeness (QED) is 0.221. The minimum Gasteiger partial charge on any atom is -0.507 e. The van der Waals surface area contributed by atoms with Crippen LogP contribution in [0.3, 0.4) is 0 Å². The van der Waals surface area contributed by atoms with Crippen molar-refractivity contribution in [3.63, 3.8) is 0 Å². The Morgan fingerprint density at radius 1 is 1.23 bits per heavy atom. The van der Waals surface area contributed by atoms with Gasteiger partial charge in [0.1, 0.15) is 24.1 Å². The maximum absolute atomic E-state index is 12.6. The Kier molecular flexibility index (Phi) is 10.4. The van der Waals surface area contributed by atoms with Crippen molar-refractivity contribution in [1.82, 2.24) is 21.3 Å². The zero-order chi connectivity index (χ0) is 25.8. The number of carbonyl (C=O) groups excluding carboxylic acids is 3. The molecule has 35 heavy (non-hydrogen) atoms. The summed E-state index contributed by atoms with van der Waals surface area (Å²) in [7, 11) is 0. The van der Waals surface area contributed by atoms with Crippen molar-refractivity contribution in [1.29, 1.82) is 0 Å². The highest BCUT2D eigenvalue weighted by atomic mass is 16.6. The maximum Gasteiger partial charge on any atom is 0.407 e. The van der Waals surface area contributed by atoms with E-state index in [2.05, 4.69) is 26.3 Å². The number of carbonyl (C=O) groups is 3. The monoisotopic (exact) mass is 493 g/mol. The smallest absolute Gasteiger partial charge is 0.407 e. The molecule has 0 radical (unpaired) electrons. The van der Waals surface area contributed by atoms with Crippen LogP contribution in [0.5, 0.6) is 11.5 Å². The van der Waals surface area contributed by atoms with E-state index in [0.29, 0.717) is 18.9 Å². The molecule has 12 heteroatoms. The maximum atomic E-state index is 12.6. The Morgan fingerprint density at radius 2 is 2.00 bits per heavy atom. The van der Waals surface area contributed by atoms with Crippen LogP contribution in [0.4, 0.5) is 4.79 Å². The summed E-state index contributed by atoms with van der Waals surface area (Å²) in [5.74, 6) is -0.544. The van der Waals surface area contributed by atoms with Crippen molar-refractivity contribution in [2.24, 2.45) is 10.4 Å². The molecule has 0 saturated carbocycles. The summed E-state index contributed by atoms with van der Waals surface area (Å²) in [6.07, 6.45) is -0.804. The molecule has 1 aromatic carbocycles. The van der Waals surface area contributed by atoms with Gasteiger partial charge in [0.05, 0.1) is 31.9 Å². The van der Waals surface area contributed by atoms with Crippen molar-refractivity contribution < 1.29 is 33.7 Å². The molecule has 0 unspecified atom stereocenters. The largest absolute Gasteiger partial charge is 0.507 e. The Labute approximate surface area is 204 Å². The molecular formula is C23H35N5O7. The lowest BCUT2D eigenvalue weighted by Crippen LogP contribution is -2.49. The Balaban J connectivity index is 1.88. The zero-order valence-corrected chi connectivity index (χ0v) is 20.6. The number of phenolic OH excluding ortho intramolecular Hbond substituents is 1. The molecule has 1 heterocycles. The summed E-state index contributed by atoms with van der Waals surface area (Å²) < 4.78 is 15.7. The fourth-order valence-corrected chi connectivity index (χ4v) is 2.84. The standard InChI is InChI=1S/C23H35N5O7/c1-5-33-20(31)17(28-22(32)35-14-23(2,3)4)13-27-19(30)16-7-6-15(12-18(16)29)34-11-10-26-21-24-8-9-25-21/h6-7,12,17,29H,5,8-11,13-14H2,1-4H3,(H,27,30)(H,28,32)(H2,24,25,26)/t17-/m0/s1. The van der Waals surface area contributed by atoms with E-state index in [4.69, 9.17) is 14.2 Å². The van der Waals surface area contributed by atoms with Crippen LogP contribution in [-0.2, 0) is 14.3 Å². The summed E-state index contributed by atoms with van der Waals surface area (Å²) in [5, 5.41) is 21.4. The summed E-state index contributed by atoms with van der Waals surface area (Å²) in [6, 6.07) is 3.11. The third-order valence-electron chi connectivity index (χ3n) is 4.52. The number of hydrogen-bond acceptors (Lipinski definition) is 10. The van der Waals surface area contributed by atoms with Gasteiger partial charge in [-0.25, -0.2) is 9.59 Å². The summed E-state index contributed by atoms with van der Waals surface area (Å²) in [6.45, 7) is 9.67. The molecule has 0 aliphatic carbocycles. The van der Waals surface area contributed by atoms with E-state index in [9.17, 15) is 19.5 Å². The van der Waals surface area contributed by atoms with Crippen LogP contribution in [0.1, 0.15) is 38.1 Å². The van der Waals surface area contributed by atoms with E-state index in [-0.39, 0.29) is 36.5 Å². The number of esters is 1. The molecule has 1 aliphatic heterocycles. The fraction of sp³-hybridized carbons (Fsp3) is 0.565. The molecule has 1 atom stereocenters. The molecule has 5 N–H and O–H groups in total. The first kappa shape index (κ1) is 27.5. The molecule has 2 rings (SSSR count). The van der Waals surface area contributed by atoms with Crippen LogP contribution in [0.15, 0.2) is 23.2 Å². The number of ether oxygens (including phenoxy) is 3. The van der Waals surface area contributed by atoms with Gasteiger partial charge in [-0.05, 0) is 24.5 Å². The first-order valence-corrected chi connectivity index (χ1v) is 11.4. The Bertz CT molecular complexity index is 914. The van der Waals surface area contributed by atoms with Crippen molar-refractivity contribution in [3.05, 3.63) is 23.8 Å². The van der Waals surface area contributed by atoms with Crippen LogP contribution < -0.4 is 26.0 Å². The van der Waals surface area contributed by atoms with Crippen LogP contribution >= 0.6 is 0 Å². The molecule has 1 aromatic rings. The number of benzene rings is 1. The average molecular weight is 494 g/mol. The second kappa shape index (κ2) is 13.3. The predicted molar refractivity (Wildman–Crippen MR) is 129 cm³/mol. The van der Waals surface area contributed by atoms with Gasteiger partial charge in [-0.15, -0.1) is 0 Å². The number of nitrogens with zero attached hydrogens (tertiary/aromatic N) is 1. The number of aliphatic imine (C=N–C) groups is 1. The number of aromatic hydroxyl groups is 1. The number of phenols is 1. The lowest BCUT2D eigenvalue weighted by molar-refractivity contribution is -0.145. The van der Waals surface area contributed by atoms with Crippen LogP contribution in [0.25, 0.3) is 0 Å². The lowest BCUT2D eigenvalue weighted by atomic mass is 9.99. The normalized spacial score (nSPS) is 13.7. The van der Waals surface area contributed by atoms with Gasteiger partial charge in [0.2, 0.25) is 0 Å². The zero-order valence-electron chi connectivity index (χ0n) is 20.6. The van der Waals surface area contributed by atoms with Crippen molar-refractivity contribution in [3.8, 4) is 11.5 Å². The Hall–Kier alpha value is -3.70. The van der Waals surface area contributed by atoms with E-state index in [1.165, 1.54) is 12.1 Å². The topological polar surface area (TPSA) is 160 Å². The SMILES string of the molecule is CCOC(=O)[C@H](CNC(=O)c1ccc(OCCNC2=NCCN2)cc1O)NC(=O)OCC(C)(C)C. The van der Waals surface area contributed by atoms with E-state index in [1.54, 1.807) is 13.0 Å². The number of nitrogens with one attached hydrogen (secondary N) is 4. The molecule has 1 aliphatic rings. The summed E-state index contributed by atoms with van der Waals surface area (Å²) in [5.41, 5.74) is -0.269. The first-order valence-electron chi connectivity index (χ1n) is 11.4. The van der Waals surface area contributed by atoms with E-state index < -0.39 is 24.0 Å². The highest BCUT2D eigenvalue weighted by Gasteiger charge is 2.25. The van der Waals surface area contributed by atoms with Gasteiger partial charge in [0, 0.05) is 19.2 Å². The number of rotatable bonds is 11. The van der Waals surface area contributed by atoms with Gasteiger partial charge in [0.25, 0.3) is 5.91 Å². The predicted octanol–water partition coefficient (Wildman–Crippen LogP) is 0.754. The van der Waals surface area contributed by atoms with Crippen molar-refractivity contribution in [2.75, 3.05) is 46.0 Å². The number of guanidine groups is 1. The second-order valence-electron chi connectivity index (χ2n) is 8.91. The van der Waals surface area contributed by atoms with Gasteiger partial charge in [-0.3, -0.25) is 9.79 Å². The minimum absolute atomic E-state index is 0.0158. The Morgan fingerprint density at radius 3 is 2.63 bits per heavy atom. The molecule has 2 amide bonds. The first-order chi connectivity index (χ1) is 16.6. The van der Waals surface area contributed by atoms with E-state index >= 15 is 0 Å². The van der Waals surface area contributed by atoms with Crippen LogP contribution in [0, 0.1) is 5.41 Å². The molecule has 12 nitrogen and oxygen atoms in total. The van der Waals surface area contributed by atoms with E-state index in [0.717, 1.165) is 19.0 Å². The van der Waals surface area contributed by atoms with E-state index in [1.807, 2.05) is 20.8 Å². The molecule has 194 valence electrons. The van der Waals surface area contributed by atoms with Crippen LogP contribution in [-0.4, -0.2) is 81.1 Å². The lowest BCUT2D eigenvalue weighted by Gasteiger charge is -2.21. The highest BCUT2D eigenvalue weighted by Crippen LogP contribution is 2.23.